The van der Waals surface area contributed by atoms with Crippen molar-refractivity contribution >= 4 is 5.97 Å². The zero-order valence-corrected chi connectivity index (χ0v) is 14.2. The molecule has 0 unspecified atom stereocenters. The minimum Gasteiger partial charge on any atom is -0.483 e. The second-order valence-electron chi connectivity index (χ2n) is 6.03. The molecule has 0 spiro atoms. The molecule has 1 heterocycles. The third kappa shape index (κ3) is 4.90. The van der Waals surface area contributed by atoms with Gasteiger partial charge in [0.15, 0.2) is 0 Å². The van der Waals surface area contributed by atoms with Crippen LogP contribution in [0.4, 0.5) is 0 Å². The van der Waals surface area contributed by atoms with E-state index in [2.05, 4.69) is 33.8 Å². The molecule has 0 radical (unpaired) electrons. The van der Waals surface area contributed by atoms with Crippen LogP contribution in [0.3, 0.4) is 0 Å². The molecule has 0 aromatic heterocycles. The van der Waals surface area contributed by atoms with Crippen LogP contribution in [0.15, 0.2) is 23.5 Å². The van der Waals surface area contributed by atoms with Gasteiger partial charge in [-0.1, -0.05) is 47.0 Å². The maximum Gasteiger partial charge on any atom is 0.334 e. The van der Waals surface area contributed by atoms with E-state index in [1.54, 1.807) is 0 Å². The summed E-state index contributed by atoms with van der Waals surface area (Å²) in [7, 11) is 1.39. The molecule has 0 fully saturated rings. The number of rotatable bonds is 8. The average molecular weight is 294 g/mol. The summed E-state index contributed by atoms with van der Waals surface area (Å²) in [6.45, 7) is 8.75. The Morgan fingerprint density at radius 3 is 2.67 bits per heavy atom. The van der Waals surface area contributed by atoms with Gasteiger partial charge in [0.1, 0.15) is 11.4 Å². The molecule has 1 aliphatic heterocycles. The molecule has 1 rings (SSSR count). The molecular formula is C18H30O3. The number of ether oxygens (including phenoxy) is 2. The van der Waals surface area contributed by atoms with E-state index in [1.165, 1.54) is 32.4 Å². The highest BCUT2D eigenvalue weighted by molar-refractivity contribution is 5.83. The summed E-state index contributed by atoms with van der Waals surface area (Å²) in [5.74, 6) is 0.959. The van der Waals surface area contributed by atoms with Gasteiger partial charge in [-0.05, 0) is 36.8 Å². The van der Waals surface area contributed by atoms with E-state index in [4.69, 9.17) is 9.47 Å². The zero-order chi connectivity index (χ0) is 15.9. The Morgan fingerprint density at radius 1 is 1.43 bits per heavy atom. The van der Waals surface area contributed by atoms with E-state index in [0.717, 1.165) is 24.8 Å². The van der Waals surface area contributed by atoms with Gasteiger partial charge < -0.3 is 9.47 Å². The largest absolute Gasteiger partial charge is 0.483 e. The van der Waals surface area contributed by atoms with Crippen molar-refractivity contribution in [1.29, 1.82) is 0 Å². The third-order valence-electron chi connectivity index (χ3n) is 4.24. The number of unbranched alkanes of at least 4 members (excludes halogenated alkanes) is 1. The van der Waals surface area contributed by atoms with Gasteiger partial charge in [-0.25, -0.2) is 4.79 Å². The van der Waals surface area contributed by atoms with Crippen molar-refractivity contribution in [3.8, 4) is 0 Å². The van der Waals surface area contributed by atoms with E-state index in [0.29, 0.717) is 11.7 Å². The molecule has 3 nitrogen and oxygen atoms in total. The number of hydrogen-bond donors (Lipinski definition) is 0. The van der Waals surface area contributed by atoms with Crippen LogP contribution in [0, 0.1) is 5.92 Å². The number of hydrogen-bond acceptors (Lipinski definition) is 3. The van der Waals surface area contributed by atoms with Crippen LogP contribution >= 0.6 is 0 Å². The lowest BCUT2D eigenvalue weighted by molar-refractivity contribution is -0.135. The van der Waals surface area contributed by atoms with Gasteiger partial charge in [0.2, 0.25) is 0 Å². The highest BCUT2D eigenvalue weighted by Gasteiger charge is 2.37. The maximum atomic E-state index is 11.5. The van der Waals surface area contributed by atoms with Crippen molar-refractivity contribution in [2.45, 2.75) is 71.8 Å². The summed E-state index contributed by atoms with van der Waals surface area (Å²) in [4.78, 5) is 11.5. The first kappa shape index (κ1) is 17.8. The summed E-state index contributed by atoms with van der Waals surface area (Å²) in [5, 5.41) is 0. The lowest BCUT2D eigenvalue weighted by atomic mass is 9.86. The normalized spacial score (nSPS) is 24.6. The molecule has 0 aromatic carbocycles. The molecule has 0 amide bonds. The van der Waals surface area contributed by atoms with Gasteiger partial charge in [0, 0.05) is 0 Å². The predicted molar refractivity (Wildman–Crippen MR) is 85.9 cm³/mol. The van der Waals surface area contributed by atoms with E-state index in [1.807, 2.05) is 0 Å². The summed E-state index contributed by atoms with van der Waals surface area (Å²) in [6, 6.07) is 0. The monoisotopic (exact) mass is 294 g/mol. The quantitative estimate of drug-likeness (QED) is 0.477. The Bertz CT molecular complexity index is 409. The second-order valence-corrected chi connectivity index (χ2v) is 6.03. The fourth-order valence-electron chi connectivity index (χ4n) is 2.93. The molecule has 0 saturated carbocycles. The molecule has 0 aliphatic carbocycles. The molecule has 1 aliphatic rings. The van der Waals surface area contributed by atoms with Crippen molar-refractivity contribution in [1.82, 2.24) is 0 Å². The first-order valence-corrected chi connectivity index (χ1v) is 8.21. The smallest absolute Gasteiger partial charge is 0.334 e. The standard InChI is InChI=1S/C18H30O3/c1-6-9-10-14(4)12-18(8-3)13-15(7-2)16(21-18)11-17(19)20-5/h11,13-14H,6-10,12H2,1-5H3/b16-11-/t14-,18+/m0/s1. The van der Waals surface area contributed by atoms with Crippen molar-refractivity contribution in [3.63, 3.8) is 0 Å². The number of carbonyl (C=O) groups excluding carboxylic acids is 1. The van der Waals surface area contributed by atoms with E-state index in [-0.39, 0.29) is 11.6 Å². The van der Waals surface area contributed by atoms with Crippen molar-refractivity contribution in [2.75, 3.05) is 7.11 Å². The van der Waals surface area contributed by atoms with Gasteiger partial charge in [0.25, 0.3) is 0 Å². The number of allylic oxidation sites excluding steroid dienone is 1. The molecule has 0 aromatic rings. The van der Waals surface area contributed by atoms with Crippen molar-refractivity contribution < 1.29 is 14.3 Å². The van der Waals surface area contributed by atoms with Gasteiger partial charge in [-0.3, -0.25) is 0 Å². The van der Waals surface area contributed by atoms with Crippen LogP contribution in [0.5, 0.6) is 0 Å². The highest BCUT2D eigenvalue weighted by Crippen LogP contribution is 2.40. The molecular weight excluding hydrogens is 264 g/mol. The minimum absolute atomic E-state index is 0.252. The molecule has 2 atom stereocenters. The predicted octanol–water partition coefficient (Wildman–Crippen LogP) is 4.78. The SMILES string of the molecule is CCCC[C@H](C)C[C@]1(CC)C=C(CC)/C(=C/C(=O)OC)O1. The lowest BCUT2D eigenvalue weighted by Gasteiger charge is -2.29. The van der Waals surface area contributed by atoms with Crippen LogP contribution in [0.1, 0.15) is 66.2 Å². The Kier molecular flexibility index (Phi) is 7.00. The number of methoxy groups -OCH3 is 1. The van der Waals surface area contributed by atoms with Crippen LogP contribution in [-0.4, -0.2) is 18.7 Å². The van der Waals surface area contributed by atoms with Gasteiger partial charge in [-0.15, -0.1) is 0 Å². The highest BCUT2D eigenvalue weighted by atomic mass is 16.5. The minimum atomic E-state index is -0.352. The van der Waals surface area contributed by atoms with Gasteiger partial charge in [0.05, 0.1) is 13.2 Å². The van der Waals surface area contributed by atoms with Crippen LogP contribution < -0.4 is 0 Å². The topological polar surface area (TPSA) is 35.5 Å². The molecule has 0 bridgehead atoms. The molecule has 0 saturated heterocycles. The first-order valence-electron chi connectivity index (χ1n) is 8.21. The van der Waals surface area contributed by atoms with Gasteiger partial charge in [-0.2, -0.15) is 0 Å². The average Bonchev–Trinajstić information content (AvgIpc) is 2.83. The summed E-state index contributed by atoms with van der Waals surface area (Å²) in [6.07, 6.45) is 10.2. The van der Waals surface area contributed by atoms with Gasteiger partial charge >= 0.3 is 5.97 Å². The summed E-state index contributed by atoms with van der Waals surface area (Å²) in [5.41, 5.74) is 0.864. The Morgan fingerprint density at radius 2 is 2.14 bits per heavy atom. The zero-order valence-electron chi connectivity index (χ0n) is 14.2. The molecule has 21 heavy (non-hydrogen) atoms. The Labute approximate surface area is 129 Å². The maximum absolute atomic E-state index is 11.5. The lowest BCUT2D eigenvalue weighted by Crippen LogP contribution is -2.28. The Balaban J connectivity index is 2.86. The van der Waals surface area contributed by atoms with E-state index < -0.39 is 0 Å². The third-order valence-corrected chi connectivity index (χ3v) is 4.24. The van der Waals surface area contributed by atoms with Crippen molar-refractivity contribution in [3.05, 3.63) is 23.5 Å². The molecule has 3 heteroatoms. The van der Waals surface area contributed by atoms with E-state index >= 15 is 0 Å². The fourth-order valence-corrected chi connectivity index (χ4v) is 2.93. The van der Waals surface area contributed by atoms with Crippen LogP contribution in [0.2, 0.25) is 0 Å². The Hall–Kier alpha value is -1.25. The summed E-state index contributed by atoms with van der Waals surface area (Å²) >= 11 is 0. The second kappa shape index (κ2) is 8.26. The van der Waals surface area contributed by atoms with E-state index in [9.17, 15) is 4.79 Å². The van der Waals surface area contributed by atoms with Crippen LogP contribution in [-0.2, 0) is 14.3 Å². The summed E-state index contributed by atoms with van der Waals surface area (Å²) < 4.78 is 10.9. The fraction of sp³-hybridized carbons (Fsp3) is 0.722. The number of esters is 1. The molecule has 120 valence electrons. The first-order chi connectivity index (χ1) is 10.00. The molecule has 0 N–H and O–H groups in total. The van der Waals surface area contributed by atoms with Crippen molar-refractivity contribution in [2.24, 2.45) is 5.92 Å². The van der Waals surface area contributed by atoms with Crippen LogP contribution in [0.25, 0.3) is 0 Å². The number of carbonyl (C=O) groups is 1.